The lowest BCUT2D eigenvalue weighted by Crippen LogP contribution is -1.97. The van der Waals surface area contributed by atoms with Crippen molar-refractivity contribution in [3.05, 3.63) is 27.2 Å². The van der Waals surface area contributed by atoms with E-state index >= 15 is 0 Å². The number of rotatable bonds is 3. The molecule has 1 aromatic carbocycles. The number of nitriles is 1. The minimum absolute atomic E-state index is 0.489. The van der Waals surface area contributed by atoms with Crippen LogP contribution in [0.4, 0.5) is 0 Å². The molecule has 0 amide bonds. The largest absolute Gasteiger partial charge is 0.492 e. The Bertz CT molecular complexity index is 373. The van der Waals surface area contributed by atoms with Gasteiger partial charge in [0, 0.05) is 15.6 Å². The molecule has 0 unspecified atom stereocenters. The number of benzene rings is 1. The standard InChI is InChI=1S/C10H9BrClNO/c1-2-3-14-10-5-7(12)4-9(11)8(10)6-13/h4-5H,2-3H2,1H3. The van der Waals surface area contributed by atoms with Crippen molar-refractivity contribution >= 4 is 27.5 Å². The smallest absolute Gasteiger partial charge is 0.139 e. The summed E-state index contributed by atoms with van der Waals surface area (Å²) >= 11 is 9.10. The molecule has 0 aromatic heterocycles. The molecule has 0 bridgehead atoms. The molecule has 1 rings (SSSR count). The lowest BCUT2D eigenvalue weighted by molar-refractivity contribution is 0.316. The molecular weight excluding hydrogens is 265 g/mol. The number of ether oxygens (including phenoxy) is 1. The predicted molar refractivity (Wildman–Crippen MR) is 59.7 cm³/mol. The van der Waals surface area contributed by atoms with E-state index in [0.29, 0.717) is 27.4 Å². The summed E-state index contributed by atoms with van der Waals surface area (Å²) in [6.07, 6.45) is 0.898. The number of halogens is 2. The summed E-state index contributed by atoms with van der Waals surface area (Å²) in [7, 11) is 0. The van der Waals surface area contributed by atoms with Crippen LogP contribution in [0.2, 0.25) is 5.02 Å². The maximum atomic E-state index is 8.89. The van der Waals surface area contributed by atoms with E-state index in [4.69, 9.17) is 21.6 Å². The molecule has 0 aliphatic heterocycles. The van der Waals surface area contributed by atoms with Crippen LogP contribution in [0, 0.1) is 11.3 Å². The second kappa shape index (κ2) is 5.23. The molecule has 0 saturated carbocycles. The molecule has 0 heterocycles. The molecule has 1 aromatic rings. The highest BCUT2D eigenvalue weighted by Crippen LogP contribution is 2.30. The molecular formula is C10H9BrClNO. The Morgan fingerprint density at radius 2 is 2.29 bits per heavy atom. The summed E-state index contributed by atoms with van der Waals surface area (Å²) in [5.74, 6) is 0.536. The van der Waals surface area contributed by atoms with Gasteiger partial charge in [0.1, 0.15) is 17.4 Å². The third-order valence-electron chi connectivity index (χ3n) is 1.59. The van der Waals surface area contributed by atoms with Crippen LogP contribution in [0.1, 0.15) is 18.9 Å². The summed E-state index contributed by atoms with van der Waals surface area (Å²) < 4.78 is 6.07. The van der Waals surface area contributed by atoms with Crippen molar-refractivity contribution in [3.63, 3.8) is 0 Å². The highest BCUT2D eigenvalue weighted by Gasteiger charge is 2.09. The van der Waals surface area contributed by atoms with Gasteiger partial charge in [0.2, 0.25) is 0 Å². The molecule has 0 fully saturated rings. The lowest BCUT2D eigenvalue weighted by atomic mass is 10.2. The third kappa shape index (κ3) is 2.63. The molecule has 0 aliphatic rings. The Kier molecular flexibility index (Phi) is 4.24. The van der Waals surface area contributed by atoms with E-state index in [2.05, 4.69) is 22.0 Å². The van der Waals surface area contributed by atoms with Gasteiger partial charge in [-0.3, -0.25) is 0 Å². The highest BCUT2D eigenvalue weighted by atomic mass is 79.9. The average molecular weight is 275 g/mol. The minimum atomic E-state index is 0.489. The van der Waals surface area contributed by atoms with E-state index in [1.54, 1.807) is 12.1 Å². The van der Waals surface area contributed by atoms with Crippen molar-refractivity contribution in [2.24, 2.45) is 0 Å². The number of nitrogens with zero attached hydrogens (tertiary/aromatic N) is 1. The van der Waals surface area contributed by atoms with Crippen LogP contribution in [0.3, 0.4) is 0 Å². The Morgan fingerprint density at radius 3 is 2.86 bits per heavy atom. The number of hydrogen-bond donors (Lipinski definition) is 0. The second-order valence-electron chi connectivity index (χ2n) is 2.72. The lowest BCUT2D eigenvalue weighted by Gasteiger charge is -2.08. The van der Waals surface area contributed by atoms with Crippen LogP contribution in [0.15, 0.2) is 16.6 Å². The quantitative estimate of drug-likeness (QED) is 0.841. The first-order valence-electron chi connectivity index (χ1n) is 4.21. The SMILES string of the molecule is CCCOc1cc(Cl)cc(Br)c1C#N. The van der Waals surface area contributed by atoms with Gasteiger partial charge in [-0.2, -0.15) is 5.26 Å². The zero-order chi connectivity index (χ0) is 10.6. The van der Waals surface area contributed by atoms with Gasteiger partial charge in [-0.05, 0) is 28.4 Å². The highest BCUT2D eigenvalue weighted by molar-refractivity contribution is 9.10. The molecule has 0 aliphatic carbocycles. The normalized spacial score (nSPS) is 9.57. The Labute approximate surface area is 96.6 Å². The van der Waals surface area contributed by atoms with E-state index in [1.807, 2.05) is 6.92 Å². The monoisotopic (exact) mass is 273 g/mol. The van der Waals surface area contributed by atoms with Crippen molar-refractivity contribution in [1.82, 2.24) is 0 Å². The van der Waals surface area contributed by atoms with Gasteiger partial charge in [-0.25, -0.2) is 0 Å². The van der Waals surface area contributed by atoms with Gasteiger partial charge in [0.05, 0.1) is 6.61 Å². The van der Waals surface area contributed by atoms with E-state index < -0.39 is 0 Å². The zero-order valence-corrected chi connectivity index (χ0v) is 10.0. The van der Waals surface area contributed by atoms with Crippen molar-refractivity contribution in [1.29, 1.82) is 5.26 Å². The van der Waals surface area contributed by atoms with Crippen LogP contribution in [-0.4, -0.2) is 6.61 Å². The Morgan fingerprint density at radius 1 is 1.57 bits per heavy atom. The van der Waals surface area contributed by atoms with Crippen molar-refractivity contribution in [3.8, 4) is 11.8 Å². The molecule has 0 N–H and O–H groups in total. The van der Waals surface area contributed by atoms with Gasteiger partial charge in [0.25, 0.3) is 0 Å². The van der Waals surface area contributed by atoms with E-state index in [-0.39, 0.29) is 0 Å². The summed E-state index contributed by atoms with van der Waals surface area (Å²) in [5, 5.41) is 9.44. The predicted octanol–water partition coefficient (Wildman–Crippen LogP) is 3.76. The molecule has 14 heavy (non-hydrogen) atoms. The van der Waals surface area contributed by atoms with Crippen molar-refractivity contribution in [2.45, 2.75) is 13.3 Å². The summed E-state index contributed by atoms with van der Waals surface area (Å²) in [5.41, 5.74) is 0.489. The number of hydrogen-bond acceptors (Lipinski definition) is 2. The van der Waals surface area contributed by atoms with Gasteiger partial charge in [0.15, 0.2) is 0 Å². The van der Waals surface area contributed by atoms with Crippen LogP contribution in [-0.2, 0) is 0 Å². The summed E-state index contributed by atoms with van der Waals surface area (Å²) in [6.45, 7) is 2.59. The minimum Gasteiger partial charge on any atom is -0.492 e. The third-order valence-corrected chi connectivity index (χ3v) is 2.44. The van der Waals surface area contributed by atoms with Crippen LogP contribution < -0.4 is 4.74 Å². The van der Waals surface area contributed by atoms with Gasteiger partial charge in [-0.15, -0.1) is 0 Å². The maximum absolute atomic E-state index is 8.89. The molecule has 0 radical (unpaired) electrons. The first-order chi connectivity index (χ1) is 6.69. The van der Waals surface area contributed by atoms with Gasteiger partial charge < -0.3 is 4.74 Å². The molecule has 0 spiro atoms. The fourth-order valence-electron chi connectivity index (χ4n) is 0.984. The summed E-state index contributed by atoms with van der Waals surface area (Å²) in [6, 6.07) is 5.40. The molecule has 74 valence electrons. The maximum Gasteiger partial charge on any atom is 0.139 e. The van der Waals surface area contributed by atoms with Crippen LogP contribution in [0.5, 0.6) is 5.75 Å². The van der Waals surface area contributed by atoms with Crippen LogP contribution in [0.25, 0.3) is 0 Å². The van der Waals surface area contributed by atoms with Crippen molar-refractivity contribution in [2.75, 3.05) is 6.61 Å². The fraction of sp³-hybridized carbons (Fsp3) is 0.300. The Hall–Kier alpha value is -0.720. The van der Waals surface area contributed by atoms with Gasteiger partial charge in [-0.1, -0.05) is 18.5 Å². The molecule has 0 saturated heterocycles. The topological polar surface area (TPSA) is 33.0 Å². The zero-order valence-electron chi connectivity index (χ0n) is 7.68. The fourth-order valence-corrected chi connectivity index (χ4v) is 1.86. The first-order valence-corrected chi connectivity index (χ1v) is 5.38. The molecule has 4 heteroatoms. The van der Waals surface area contributed by atoms with E-state index in [1.165, 1.54) is 0 Å². The molecule has 0 atom stereocenters. The van der Waals surface area contributed by atoms with Crippen LogP contribution >= 0.6 is 27.5 Å². The van der Waals surface area contributed by atoms with Crippen molar-refractivity contribution < 1.29 is 4.74 Å². The molecule has 2 nitrogen and oxygen atoms in total. The Balaban J connectivity index is 3.07. The average Bonchev–Trinajstić information content (AvgIpc) is 2.14. The van der Waals surface area contributed by atoms with Gasteiger partial charge >= 0.3 is 0 Å². The first kappa shape index (κ1) is 11.4. The summed E-state index contributed by atoms with van der Waals surface area (Å²) in [4.78, 5) is 0. The van der Waals surface area contributed by atoms with E-state index in [9.17, 15) is 0 Å². The second-order valence-corrected chi connectivity index (χ2v) is 4.01. The van der Waals surface area contributed by atoms with E-state index in [0.717, 1.165) is 6.42 Å².